The maximum absolute atomic E-state index is 5.87. The summed E-state index contributed by atoms with van der Waals surface area (Å²) in [6.07, 6.45) is 9.06. The Morgan fingerprint density at radius 1 is 1.00 bits per heavy atom. The Bertz CT molecular complexity index is 268. The summed E-state index contributed by atoms with van der Waals surface area (Å²) < 4.78 is 0. The fourth-order valence-corrected chi connectivity index (χ4v) is 2.63. The normalized spacial score (nSPS) is 12.6. The monoisotopic (exact) mass is 252 g/mol. The summed E-state index contributed by atoms with van der Waals surface area (Å²) in [5, 5.41) is 0. The minimum atomic E-state index is 0.819. The van der Waals surface area contributed by atoms with Crippen LogP contribution in [-0.2, 0) is 6.42 Å². The second-order valence-corrected chi connectivity index (χ2v) is 5.24. The molecule has 1 aromatic carbocycles. The van der Waals surface area contributed by atoms with Crippen molar-refractivity contribution in [2.45, 2.75) is 51.9 Å². The maximum Gasteiger partial charge on any atom is 0.0226 e. The van der Waals surface area contributed by atoms with Gasteiger partial charge in [0, 0.05) is 5.88 Å². The van der Waals surface area contributed by atoms with Crippen molar-refractivity contribution in [2.75, 3.05) is 5.88 Å². The molecule has 0 aliphatic heterocycles. The average Bonchev–Trinajstić information content (AvgIpc) is 2.37. The van der Waals surface area contributed by atoms with Crippen LogP contribution in [0.1, 0.15) is 51.0 Å². The highest BCUT2D eigenvalue weighted by molar-refractivity contribution is 6.17. The van der Waals surface area contributed by atoms with Crippen LogP contribution in [0, 0.1) is 5.92 Å². The molecule has 0 fully saturated rings. The summed E-state index contributed by atoms with van der Waals surface area (Å²) in [6.45, 7) is 2.27. The molecule has 0 spiro atoms. The first kappa shape index (κ1) is 14.6. The molecule has 1 atom stereocenters. The van der Waals surface area contributed by atoms with Crippen molar-refractivity contribution in [3.8, 4) is 0 Å². The Morgan fingerprint density at radius 2 is 1.71 bits per heavy atom. The Balaban J connectivity index is 2.22. The van der Waals surface area contributed by atoms with Crippen molar-refractivity contribution < 1.29 is 0 Å². The molecule has 0 aromatic heterocycles. The molecule has 0 N–H and O–H groups in total. The fraction of sp³-hybridized carbons (Fsp3) is 0.625. The number of hydrogen-bond acceptors (Lipinski definition) is 0. The predicted octanol–water partition coefficient (Wildman–Crippen LogP) is 5.44. The number of alkyl halides is 1. The third-order valence-electron chi connectivity index (χ3n) is 3.40. The Labute approximate surface area is 111 Å². The molecule has 0 bridgehead atoms. The molecule has 0 amide bonds. The van der Waals surface area contributed by atoms with Crippen LogP contribution in [0.3, 0.4) is 0 Å². The smallest absolute Gasteiger partial charge is 0.0226 e. The van der Waals surface area contributed by atoms with E-state index >= 15 is 0 Å². The Hall–Kier alpha value is -0.490. The molecule has 0 nitrogen and oxygen atoms in total. The second kappa shape index (κ2) is 9.53. The van der Waals surface area contributed by atoms with Gasteiger partial charge in [-0.1, -0.05) is 62.9 Å². The summed E-state index contributed by atoms with van der Waals surface area (Å²) in [7, 11) is 0. The van der Waals surface area contributed by atoms with Crippen molar-refractivity contribution in [1.82, 2.24) is 0 Å². The van der Waals surface area contributed by atoms with Crippen LogP contribution in [-0.4, -0.2) is 5.88 Å². The molecular formula is C16H25Cl. The van der Waals surface area contributed by atoms with E-state index in [1.807, 2.05) is 0 Å². The van der Waals surface area contributed by atoms with Gasteiger partial charge in [0.05, 0.1) is 0 Å². The van der Waals surface area contributed by atoms with Crippen LogP contribution in [0.2, 0.25) is 0 Å². The van der Waals surface area contributed by atoms with Gasteiger partial charge in [-0.05, 0) is 30.7 Å². The molecule has 0 radical (unpaired) electrons. The van der Waals surface area contributed by atoms with E-state index in [1.54, 1.807) is 0 Å². The molecule has 1 unspecified atom stereocenters. The lowest BCUT2D eigenvalue weighted by atomic mass is 9.92. The summed E-state index contributed by atoms with van der Waals surface area (Å²) in [6, 6.07) is 10.8. The molecule has 0 heterocycles. The van der Waals surface area contributed by atoms with E-state index in [2.05, 4.69) is 37.3 Å². The third kappa shape index (κ3) is 6.73. The molecule has 0 aliphatic carbocycles. The molecule has 17 heavy (non-hydrogen) atoms. The van der Waals surface area contributed by atoms with E-state index in [1.165, 1.54) is 50.5 Å². The van der Waals surface area contributed by atoms with Gasteiger partial charge in [0.25, 0.3) is 0 Å². The maximum atomic E-state index is 5.87. The van der Waals surface area contributed by atoms with Gasteiger partial charge in [-0.2, -0.15) is 0 Å². The van der Waals surface area contributed by atoms with Crippen molar-refractivity contribution in [2.24, 2.45) is 5.92 Å². The number of aryl methyl sites for hydroxylation is 1. The molecular weight excluding hydrogens is 228 g/mol. The highest BCUT2D eigenvalue weighted by Gasteiger charge is 2.07. The summed E-state index contributed by atoms with van der Waals surface area (Å²) in [5.74, 6) is 1.66. The highest BCUT2D eigenvalue weighted by Crippen LogP contribution is 2.20. The third-order valence-corrected chi connectivity index (χ3v) is 3.62. The van der Waals surface area contributed by atoms with Gasteiger partial charge in [-0.15, -0.1) is 11.6 Å². The average molecular weight is 253 g/mol. The second-order valence-electron chi connectivity index (χ2n) is 4.86. The van der Waals surface area contributed by atoms with Crippen LogP contribution in [0.5, 0.6) is 0 Å². The number of hydrogen-bond donors (Lipinski definition) is 0. The molecule has 0 saturated heterocycles. The summed E-state index contributed by atoms with van der Waals surface area (Å²) in [5.41, 5.74) is 1.47. The molecule has 1 heteroatoms. The summed E-state index contributed by atoms with van der Waals surface area (Å²) in [4.78, 5) is 0. The van der Waals surface area contributed by atoms with Crippen molar-refractivity contribution in [3.63, 3.8) is 0 Å². The minimum absolute atomic E-state index is 0.819. The highest BCUT2D eigenvalue weighted by atomic mass is 35.5. The molecule has 0 saturated carbocycles. The van der Waals surface area contributed by atoms with Crippen molar-refractivity contribution in [3.05, 3.63) is 35.9 Å². The first-order chi connectivity index (χ1) is 8.36. The van der Waals surface area contributed by atoms with Crippen LogP contribution in [0.15, 0.2) is 30.3 Å². The van der Waals surface area contributed by atoms with Crippen molar-refractivity contribution in [1.29, 1.82) is 0 Å². The molecule has 1 aromatic rings. The minimum Gasteiger partial charge on any atom is -0.127 e. The first-order valence-corrected chi connectivity index (χ1v) is 7.50. The molecule has 1 rings (SSSR count). The van der Waals surface area contributed by atoms with E-state index in [-0.39, 0.29) is 0 Å². The Kier molecular flexibility index (Phi) is 8.17. The van der Waals surface area contributed by atoms with Crippen LogP contribution < -0.4 is 0 Å². The van der Waals surface area contributed by atoms with Gasteiger partial charge in [0.15, 0.2) is 0 Å². The van der Waals surface area contributed by atoms with Crippen LogP contribution in [0.4, 0.5) is 0 Å². The van der Waals surface area contributed by atoms with E-state index in [0.29, 0.717) is 0 Å². The standard InChI is InChI=1S/C16H25Cl/c1-2-3-8-16(13-14-17)12-7-11-15-9-5-4-6-10-15/h4-6,9-10,16H,2-3,7-8,11-14H2,1H3. The predicted molar refractivity (Wildman–Crippen MR) is 77.7 cm³/mol. The van der Waals surface area contributed by atoms with Gasteiger partial charge in [-0.25, -0.2) is 0 Å². The summed E-state index contributed by atoms with van der Waals surface area (Å²) >= 11 is 5.87. The SMILES string of the molecule is CCCCC(CCCl)CCCc1ccccc1. The van der Waals surface area contributed by atoms with E-state index in [9.17, 15) is 0 Å². The molecule has 0 aliphatic rings. The topological polar surface area (TPSA) is 0 Å². The van der Waals surface area contributed by atoms with Crippen LogP contribution >= 0.6 is 11.6 Å². The lowest BCUT2D eigenvalue weighted by Gasteiger charge is -2.14. The molecule has 96 valence electrons. The zero-order valence-corrected chi connectivity index (χ0v) is 11.8. The van der Waals surface area contributed by atoms with E-state index in [4.69, 9.17) is 11.6 Å². The largest absolute Gasteiger partial charge is 0.127 e. The van der Waals surface area contributed by atoms with Crippen molar-refractivity contribution >= 4 is 11.6 Å². The van der Waals surface area contributed by atoms with Gasteiger partial charge >= 0.3 is 0 Å². The van der Waals surface area contributed by atoms with Gasteiger partial charge in [-0.3, -0.25) is 0 Å². The first-order valence-electron chi connectivity index (χ1n) is 6.96. The number of benzene rings is 1. The van der Waals surface area contributed by atoms with Gasteiger partial charge in [0.1, 0.15) is 0 Å². The van der Waals surface area contributed by atoms with E-state index < -0.39 is 0 Å². The zero-order valence-electron chi connectivity index (χ0n) is 11.0. The number of rotatable bonds is 9. The van der Waals surface area contributed by atoms with Crippen LogP contribution in [0.25, 0.3) is 0 Å². The zero-order chi connectivity index (χ0) is 12.3. The quantitative estimate of drug-likeness (QED) is 0.513. The van der Waals surface area contributed by atoms with Gasteiger partial charge in [0.2, 0.25) is 0 Å². The fourth-order valence-electron chi connectivity index (χ4n) is 2.32. The lowest BCUT2D eigenvalue weighted by Crippen LogP contribution is -2.02. The van der Waals surface area contributed by atoms with E-state index in [0.717, 1.165) is 11.8 Å². The Morgan fingerprint density at radius 3 is 2.35 bits per heavy atom. The number of halogens is 1. The number of unbranched alkanes of at least 4 members (excludes halogenated alkanes) is 1. The lowest BCUT2D eigenvalue weighted by molar-refractivity contribution is 0.412. The van der Waals surface area contributed by atoms with Gasteiger partial charge < -0.3 is 0 Å².